The minimum Gasteiger partial charge on any atom is -0.319 e. The van der Waals surface area contributed by atoms with Gasteiger partial charge in [-0.1, -0.05) is 6.07 Å². The Morgan fingerprint density at radius 2 is 2.19 bits per heavy atom. The van der Waals surface area contributed by atoms with E-state index < -0.39 is 0 Å². The van der Waals surface area contributed by atoms with Crippen molar-refractivity contribution in [3.05, 3.63) is 41.7 Å². The predicted octanol–water partition coefficient (Wildman–Crippen LogP) is 0.650. The van der Waals surface area contributed by atoms with Crippen molar-refractivity contribution in [3.63, 3.8) is 0 Å². The second-order valence-electron chi connectivity index (χ2n) is 4.39. The summed E-state index contributed by atoms with van der Waals surface area (Å²) in [6.07, 6.45) is 0. The van der Waals surface area contributed by atoms with Crippen molar-refractivity contribution < 1.29 is 4.79 Å². The highest BCUT2D eigenvalue weighted by atomic mass is 16.2. The van der Waals surface area contributed by atoms with Crippen molar-refractivity contribution >= 4 is 11.6 Å². The van der Waals surface area contributed by atoms with Crippen molar-refractivity contribution in [2.75, 3.05) is 5.32 Å². The molecule has 0 spiro atoms. The molecule has 3 rings (SSSR count). The summed E-state index contributed by atoms with van der Waals surface area (Å²) in [6, 6.07) is 7.17. The molecule has 1 amide bonds. The highest BCUT2D eigenvalue weighted by Gasteiger charge is 2.12. The highest BCUT2D eigenvalue weighted by molar-refractivity contribution is 6.01. The van der Waals surface area contributed by atoms with Gasteiger partial charge in [0.05, 0.1) is 5.69 Å². The van der Waals surface area contributed by atoms with E-state index in [1.807, 2.05) is 6.07 Å². The van der Waals surface area contributed by atoms with E-state index in [0.717, 1.165) is 5.69 Å². The van der Waals surface area contributed by atoms with Crippen LogP contribution in [0.3, 0.4) is 0 Å². The van der Waals surface area contributed by atoms with Gasteiger partial charge in [-0.25, -0.2) is 4.98 Å². The number of anilines is 1. The molecule has 3 aromatic rings. The van der Waals surface area contributed by atoms with Crippen molar-refractivity contribution in [1.29, 1.82) is 0 Å². The maximum Gasteiger partial charge on any atom is 0.295 e. The summed E-state index contributed by atoms with van der Waals surface area (Å²) in [5.74, 6) is 0.947. The molecule has 0 saturated carbocycles. The van der Waals surface area contributed by atoms with Crippen molar-refractivity contribution in [3.8, 4) is 5.69 Å². The zero-order chi connectivity index (χ0) is 14.8. The number of carbonyl (C=O) groups is 1. The molecule has 21 heavy (non-hydrogen) atoms. The molecule has 0 aliphatic carbocycles. The monoisotopic (exact) mass is 284 g/mol. The average Bonchev–Trinajstić information content (AvgIpc) is 3.08. The maximum absolute atomic E-state index is 12.0. The van der Waals surface area contributed by atoms with Gasteiger partial charge in [0, 0.05) is 5.69 Å². The number of aryl methyl sites for hydroxylation is 2. The van der Waals surface area contributed by atoms with Gasteiger partial charge in [0.15, 0.2) is 5.82 Å². The normalized spacial score (nSPS) is 10.6. The Morgan fingerprint density at radius 1 is 1.33 bits per heavy atom. The van der Waals surface area contributed by atoms with Crippen LogP contribution in [0.5, 0.6) is 0 Å². The van der Waals surface area contributed by atoms with Crippen LogP contribution in [0.15, 0.2) is 24.3 Å². The van der Waals surface area contributed by atoms with Crippen molar-refractivity contribution in [2.45, 2.75) is 13.8 Å². The average molecular weight is 284 g/mol. The quantitative estimate of drug-likeness (QED) is 0.729. The molecule has 2 N–H and O–H groups in total. The Morgan fingerprint density at radius 3 is 2.86 bits per heavy atom. The zero-order valence-corrected chi connectivity index (χ0v) is 11.4. The summed E-state index contributed by atoms with van der Waals surface area (Å²) in [7, 11) is 0. The number of tetrazole rings is 1. The molecule has 0 bridgehead atoms. The summed E-state index contributed by atoms with van der Waals surface area (Å²) in [5.41, 5.74) is 1.36. The van der Waals surface area contributed by atoms with Crippen LogP contribution < -0.4 is 5.32 Å². The number of carbonyl (C=O) groups excluding carboxylic acids is 1. The predicted molar refractivity (Wildman–Crippen MR) is 73.0 cm³/mol. The fourth-order valence-electron chi connectivity index (χ4n) is 1.82. The van der Waals surface area contributed by atoms with E-state index in [1.54, 1.807) is 36.7 Å². The topological polar surface area (TPSA) is 114 Å². The van der Waals surface area contributed by atoms with E-state index in [4.69, 9.17) is 0 Å². The molecule has 0 atom stereocenters. The summed E-state index contributed by atoms with van der Waals surface area (Å²) in [6.45, 7) is 3.52. The number of amides is 1. The zero-order valence-electron chi connectivity index (χ0n) is 11.4. The Bertz CT molecular complexity index is 790. The molecule has 106 valence electrons. The van der Waals surface area contributed by atoms with E-state index in [2.05, 4.69) is 36.0 Å². The summed E-state index contributed by atoms with van der Waals surface area (Å²) >= 11 is 0. The molecule has 0 radical (unpaired) electrons. The van der Waals surface area contributed by atoms with Gasteiger partial charge >= 0.3 is 0 Å². The lowest BCUT2D eigenvalue weighted by molar-refractivity contribution is 0.101. The van der Waals surface area contributed by atoms with Gasteiger partial charge in [-0.05, 0) is 42.5 Å². The molecule has 0 aliphatic rings. The Labute approximate surface area is 119 Å². The largest absolute Gasteiger partial charge is 0.319 e. The summed E-state index contributed by atoms with van der Waals surface area (Å²) < 4.78 is 1.58. The van der Waals surface area contributed by atoms with Crippen LogP contribution in [0.1, 0.15) is 22.3 Å². The van der Waals surface area contributed by atoms with E-state index >= 15 is 0 Å². The molecular formula is C12H12N8O. The fraction of sp³-hybridized carbons (Fsp3) is 0.167. The van der Waals surface area contributed by atoms with Gasteiger partial charge in [0.1, 0.15) is 5.82 Å². The number of H-pyrrole nitrogens is 1. The van der Waals surface area contributed by atoms with Gasteiger partial charge in [0.2, 0.25) is 5.82 Å². The summed E-state index contributed by atoms with van der Waals surface area (Å²) in [4.78, 5) is 16.0. The van der Waals surface area contributed by atoms with Gasteiger partial charge < -0.3 is 5.32 Å². The number of aromatic nitrogens is 7. The molecular weight excluding hydrogens is 272 g/mol. The molecule has 2 aromatic heterocycles. The number of aromatic amines is 1. The number of nitrogens with zero attached hydrogens (tertiary/aromatic N) is 6. The van der Waals surface area contributed by atoms with Crippen molar-refractivity contribution in [1.82, 2.24) is 35.4 Å². The van der Waals surface area contributed by atoms with Crippen LogP contribution in [0, 0.1) is 13.8 Å². The van der Waals surface area contributed by atoms with Gasteiger partial charge in [-0.15, -0.1) is 10.2 Å². The van der Waals surface area contributed by atoms with E-state index in [9.17, 15) is 4.79 Å². The highest BCUT2D eigenvalue weighted by Crippen LogP contribution is 2.15. The van der Waals surface area contributed by atoms with E-state index in [0.29, 0.717) is 17.3 Å². The number of hydrogen-bond donors (Lipinski definition) is 2. The second-order valence-corrected chi connectivity index (χ2v) is 4.39. The lowest BCUT2D eigenvalue weighted by Gasteiger charge is -2.06. The third-order valence-electron chi connectivity index (χ3n) is 2.77. The number of nitrogens with one attached hydrogen (secondary N) is 2. The molecule has 9 nitrogen and oxygen atoms in total. The van der Waals surface area contributed by atoms with Gasteiger partial charge in [-0.2, -0.15) is 4.68 Å². The fourth-order valence-corrected chi connectivity index (χ4v) is 1.82. The standard InChI is InChI=1S/C12H12N8O/c1-7-13-11(17-15-7)12(21)14-9-4-3-5-10(6-9)20-8(2)16-18-19-20/h3-6H,1-2H3,(H,14,21)(H,13,15,17). The molecule has 0 unspecified atom stereocenters. The van der Waals surface area contributed by atoms with Crippen LogP contribution >= 0.6 is 0 Å². The third kappa shape index (κ3) is 2.61. The lowest BCUT2D eigenvalue weighted by atomic mass is 10.2. The molecule has 1 aromatic carbocycles. The molecule has 0 aliphatic heterocycles. The van der Waals surface area contributed by atoms with Crippen LogP contribution in [0.25, 0.3) is 5.69 Å². The number of rotatable bonds is 3. The molecule has 0 fully saturated rings. The second kappa shape index (κ2) is 5.12. The third-order valence-corrected chi connectivity index (χ3v) is 2.77. The molecule has 2 heterocycles. The Balaban J connectivity index is 1.84. The van der Waals surface area contributed by atoms with E-state index in [1.165, 1.54) is 0 Å². The van der Waals surface area contributed by atoms with Gasteiger partial charge in [-0.3, -0.25) is 9.89 Å². The Hall–Kier alpha value is -3.10. The SMILES string of the molecule is Cc1nc(C(=O)Nc2cccc(-n3nnnc3C)c2)n[nH]1. The number of hydrogen-bond acceptors (Lipinski definition) is 6. The molecule has 9 heteroatoms. The van der Waals surface area contributed by atoms with Crippen LogP contribution in [-0.2, 0) is 0 Å². The minimum absolute atomic E-state index is 0.0940. The van der Waals surface area contributed by atoms with Crippen LogP contribution in [0.2, 0.25) is 0 Å². The smallest absolute Gasteiger partial charge is 0.295 e. The van der Waals surface area contributed by atoms with E-state index in [-0.39, 0.29) is 11.7 Å². The first kappa shape index (κ1) is 12.9. The first-order valence-electron chi connectivity index (χ1n) is 6.19. The first-order valence-corrected chi connectivity index (χ1v) is 6.19. The Kier molecular flexibility index (Phi) is 3.14. The van der Waals surface area contributed by atoms with Crippen molar-refractivity contribution in [2.24, 2.45) is 0 Å². The van der Waals surface area contributed by atoms with Crippen LogP contribution in [-0.4, -0.2) is 41.3 Å². The maximum atomic E-state index is 12.0. The lowest BCUT2D eigenvalue weighted by Crippen LogP contribution is -2.14. The molecule has 0 saturated heterocycles. The van der Waals surface area contributed by atoms with Gasteiger partial charge in [0.25, 0.3) is 5.91 Å². The summed E-state index contributed by atoms with van der Waals surface area (Å²) in [5, 5.41) is 20.5. The minimum atomic E-state index is -0.384. The first-order chi connectivity index (χ1) is 10.1. The van der Waals surface area contributed by atoms with Crippen LogP contribution in [0.4, 0.5) is 5.69 Å². The number of benzene rings is 1.